The third-order valence-corrected chi connectivity index (χ3v) is 8.60. The minimum atomic E-state index is -1.16. The summed E-state index contributed by atoms with van der Waals surface area (Å²) in [7, 11) is 1.80. The van der Waals surface area contributed by atoms with Gasteiger partial charge in [-0.25, -0.2) is 4.39 Å². The second-order valence-corrected chi connectivity index (χ2v) is 11.6. The number of benzene rings is 2. The summed E-state index contributed by atoms with van der Waals surface area (Å²) in [4.78, 5) is 52.2. The quantitative estimate of drug-likeness (QED) is 0.300. The molecule has 1 saturated carbocycles. The van der Waals surface area contributed by atoms with Crippen molar-refractivity contribution in [3.63, 3.8) is 0 Å². The van der Waals surface area contributed by atoms with Crippen molar-refractivity contribution in [3.05, 3.63) is 48.0 Å². The number of aromatic nitrogens is 4. The first-order chi connectivity index (χ1) is 21.1. The van der Waals surface area contributed by atoms with Crippen LogP contribution < -0.4 is 5.32 Å². The van der Waals surface area contributed by atoms with Crippen LogP contribution in [0.5, 0.6) is 0 Å². The molecule has 0 bridgehead atoms. The number of nitrogens with one attached hydrogen (secondary N) is 1. The largest absolute Gasteiger partial charge is 0.480 e. The average molecular weight is 604 g/mol. The fourth-order valence-corrected chi connectivity index (χ4v) is 6.15. The Kier molecular flexibility index (Phi) is 7.78. The molecule has 1 aliphatic carbocycles. The summed E-state index contributed by atoms with van der Waals surface area (Å²) in [5, 5.41) is 21.9. The van der Waals surface area contributed by atoms with E-state index >= 15 is 4.39 Å². The zero-order valence-electron chi connectivity index (χ0n) is 24.6. The van der Waals surface area contributed by atoms with Gasteiger partial charge in [-0.2, -0.15) is 10.2 Å². The second-order valence-electron chi connectivity index (χ2n) is 11.6. The average Bonchev–Trinajstić information content (AvgIpc) is 3.69. The van der Waals surface area contributed by atoms with Gasteiger partial charge in [0.05, 0.1) is 29.5 Å². The van der Waals surface area contributed by atoms with Gasteiger partial charge < -0.3 is 20.2 Å². The van der Waals surface area contributed by atoms with Gasteiger partial charge >= 0.3 is 5.97 Å². The second kappa shape index (κ2) is 11.7. The molecule has 0 unspecified atom stereocenters. The van der Waals surface area contributed by atoms with Crippen LogP contribution in [0.1, 0.15) is 44.2 Å². The number of carbonyl (C=O) groups excluding carboxylic acids is 3. The summed E-state index contributed by atoms with van der Waals surface area (Å²) in [6, 6.07) is 8.68. The van der Waals surface area contributed by atoms with E-state index < -0.39 is 24.2 Å². The number of aryl methyl sites for hydroxylation is 1. The van der Waals surface area contributed by atoms with E-state index in [1.807, 2.05) is 18.2 Å². The third-order valence-electron chi connectivity index (χ3n) is 8.60. The van der Waals surface area contributed by atoms with E-state index in [1.54, 1.807) is 40.5 Å². The lowest BCUT2D eigenvalue weighted by Gasteiger charge is -2.30. The highest BCUT2D eigenvalue weighted by molar-refractivity contribution is 6.00. The van der Waals surface area contributed by atoms with Crippen molar-refractivity contribution in [2.24, 2.45) is 7.05 Å². The molecular weight excluding hydrogens is 569 g/mol. The molecule has 230 valence electrons. The van der Waals surface area contributed by atoms with Gasteiger partial charge in [-0.05, 0) is 49.4 Å². The number of carbonyl (C=O) groups is 4. The smallest absolute Gasteiger partial charge is 0.322 e. The highest BCUT2D eigenvalue weighted by atomic mass is 19.1. The molecule has 1 aliphatic heterocycles. The first-order valence-electron chi connectivity index (χ1n) is 14.7. The molecule has 2 aromatic carbocycles. The Morgan fingerprint density at radius 1 is 1.07 bits per heavy atom. The topological polar surface area (TPSA) is 143 Å². The molecule has 2 aromatic heterocycles. The summed E-state index contributed by atoms with van der Waals surface area (Å²) in [5.41, 5.74) is 3.23. The van der Waals surface area contributed by atoms with Crippen molar-refractivity contribution in [2.75, 3.05) is 26.2 Å². The Bertz CT molecular complexity index is 1780. The Hall–Kier alpha value is -4.81. The molecule has 2 aliphatic rings. The van der Waals surface area contributed by atoms with E-state index in [9.17, 15) is 19.2 Å². The summed E-state index contributed by atoms with van der Waals surface area (Å²) in [5.74, 6) is -2.42. The molecule has 2 N–H and O–H groups in total. The maximum Gasteiger partial charge on any atom is 0.322 e. The van der Waals surface area contributed by atoms with Gasteiger partial charge in [0.1, 0.15) is 18.9 Å². The highest BCUT2D eigenvalue weighted by Crippen LogP contribution is 2.40. The molecule has 3 heterocycles. The molecule has 4 aromatic rings. The molecule has 0 atom stereocenters. The fraction of sp³-hybridized carbons (Fsp3) is 0.419. The molecule has 6 rings (SSSR count). The van der Waals surface area contributed by atoms with Crippen LogP contribution in [-0.2, 0) is 32.8 Å². The van der Waals surface area contributed by atoms with Gasteiger partial charge in [0, 0.05) is 55.4 Å². The number of rotatable bonds is 9. The number of amides is 3. The Morgan fingerprint density at radius 3 is 2.50 bits per heavy atom. The number of carboxylic acids is 1. The van der Waals surface area contributed by atoms with E-state index in [4.69, 9.17) is 10.2 Å². The minimum Gasteiger partial charge on any atom is -0.480 e. The summed E-state index contributed by atoms with van der Waals surface area (Å²) in [6.07, 6.45) is 4.49. The summed E-state index contributed by atoms with van der Waals surface area (Å²) >= 11 is 0. The van der Waals surface area contributed by atoms with Crippen LogP contribution in [0, 0.1) is 5.82 Å². The lowest BCUT2D eigenvalue weighted by Crippen LogP contribution is -2.44. The maximum absolute atomic E-state index is 15.7. The monoisotopic (exact) mass is 603 g/mol. The number of halogens is 1. The van der Waals surface area contributed by atoms with Crippen LogP contribution in [0.2, 0.25) is 0 Å². The van der Waals surface area contributed by atoms with E-state index in [0.717, 1.165) is 29.4 Å². The first-order valence-corrected chi connectivity index (χ1v) is 14.7. The molecule has 0 spiro atoms. The number of aliphatic carboxylic acids is 1. The highest BCUT2D eigenvalue weighted by Gasteiger charge is 2.35. The standard InChI is InChI=1S/C31H34FN7O5/c1-18(40)37-10-8-19(9-11-37)31-30-22(23-13-26-20(12-24(23)32)14-34-36(26)2)4-3-5-25(30)39(35-31)17-28(42)38(21-6-7-21)16-27(41)33-15-29(43)44/h3-5,12-14,19,21H,6-11,15-17H2,1-2H3,(H,33,41)(H,43,44). The predicted molar refractivity (Wildman–Crippen MR) is 159 cm³/mol. The number of carboxylic acid groups (broad SMARTS) is 1. The van der Waals surface area contributed by atoms with Crippen LogP contribution in [0.15, 0.2) is 36.5 Å². The lowest BCUT2D eigenvalue weighted by atomic mass is 9.89. The van der Waals surface area contributed by atoms with Gasteiger partial charge in [0.25, 0.3) is 0 Å². The Balaban J connectivity index is 1.39. The van der Waals surface area contributed by atoms with Crippen molar-refractivity contribution >= 4 is 45.5 Å². The van der Waals surface area contributed by atoms with E-state index in [-0.39, 0.29) is 36.9 Å². The van der Waals surface area contributed by atoms with Crippen LogP contribution in [0.3, 0.4) is 0 Å². The van der Waals surface area contributed by atoms with Crippen molar-refractivity contribution < 1.29 is 28.7 Å². The number of piperidine rings is 1. The van der Waals surface area contributed by atoms with Gasteiger partial charge in [-0.3, -0.25) is 28.5 Å². The van der Waals surface area contributed by atoms with Crippen LogP contribution in [0.25, 0.3) is 32.9 Å². The van der Waals surface area contributed by atoms with E-state index in [1.165, 1.54) is 11.0 Å². The molecular formula is C31H34FN7O5. The number of hydrogen-bond acceptors (Lipinski definition) is 6. The van der Waals surface area contributed by atoms with Gasteiger partial charge in [0.15, 0.2) is 0 Å². The third kappa shape index (κ3) is 5.73. The number of hydrogen-bond donors (Lipinski definition) is 2. The summed E-state index contributed by atoms with van der Waals surface area (Å²) in [6.45, 7) is 1.80. The number of fused-ring (bicyclic) bond motifs is 2. The first kappa shape index (κ1) is 29.3. The number of nitrogens with zero attached hydrogens (tertiary/aromatic N) is 6. The molecule has 2 fully saturated rings. The minimum absolute atomic E-state index is 0.0178. The van der Waals surface area contributed by atoms with Gasteiger partial charge in [0.2, 0.25) is 17.7 Å². The van der Waals surface area contributed by atoms with Crippen molar-refractivity contribution in [2.45, 2.75) is 51.1 Å². The molecule has 44 heavy (non-hydrogen) atoms. The normalized spacial score (nSPS) is 15.6. The molecule has 1 saturated heterocycles. The number of likely N-dealkylation sites (tertiary alicyclic amines) is 1. The zero-order valence-corrected chi connectivity index (χ0v) is 24.6. The molecule has 3 amide bonds. The van der Waals surface area contributed by atoms with Crippen LogP contribution in [0.4, 0.5) is 4.39 Å². The molecule has 0 radical (unpaired) electrons. The SMILES string of the molecule is CC(=O)N1CCC(c2nn(CC(=O)N(CC(=O)NCC(=O)O)C3CC3)c3cccc(-c4cc5c(cnn5C)cc4F)c23)CC1. The van der Waals surface area contributed by atoms with Crippen LogP contribution >= 0.6 is 0 Å². The van der Waals surface area contributed by atoms with Crippen LogP contribution in [-0.4, -0.2) is 90.4 Å². The maximum atomic E-state index is 15.7. The van der Waals surface area contributed by atoms with Crippen molar-refractivity contribution in [1.29, 1.82) is 0 Å². The Morgan fingerprint density at radius 2 is 1.82 bits per heavy atom. The molecule has 12 nitrogen and oxygen atoms in total. The zero-order chi connectivity index (χ0) is 31.1. The predicted octanol–water partition coefficient (Wildman–Crippen LogP) is 2.65. The van der Waals surface area contributed by atoms with Gasteiger partial charge in [-0.15, -0.1) is 0 Å². The fourth-order valence-electron chi connectivity index (χ4n) is 6.15. The lowest BCUT2D eigenvalue weighted by molar-refractivity contribution is -0.139. The molecule has 13 heteroatoms. The van der Waals surface area contributed by atoms with Crippen molar-refractivity contribution in [1.82, 2.24) is 34.7 Å². The van der Waals surface area contributed by atoms with E-state index in [0.29, 0.717) is 48.0 Å². The van der Waals surface area contributed by atoms with Crippen molar-refractivity contribution in [3.8, 4) is 11.1 Å². The summed E-state index contributed by atoms with van der Waals surface area (Å²) < 4.78 is 19.0. The van der Waals surface area contributed by atoms with Gasteiger partial charge in [-0.1, -0.05) is 12.1 Å². The Labute approximate surface area is 252 Å². The van der Waals surface area contributed by atoms with E-state index in [2.05, 4.69) is 10.4 Å².